The summed E-state index contributed by atoms with van der Waals surface area (Å²) in [6.07, 6.45) is 45.4. The minimum absolute atomic E-state index is 0.0209. The summed E-state index contributed by atoms with van der Waals surface area (Å²) in [5.41, 5.74) is 5.45. The molecular formula is C47H94N2O6. The van der Waals surface area contributed by atoms with Gasteiger partial charge in [0, 0.05) is 19.4 Å². The van der Waals surface area contributed by atoms with Crippen molar-refractivity contribution in [2.24, 2.45) is 5.73 Å². The Balaban J connectivity index is 0. The van der Waals surface area contributed by atoms with E-state index in [0.717, 1.165) is 77.2 Å². The highest BCUT2D eigenvalue weighted by molar-refractivity contribution is 5.69. The molecule has 0 heterocycles. The Bertz CT molecular complexity index is 781. The number of carbonyl (C=O) groups excluding carboxylic acids is 2. The highest BCUT2D eigenvalue weighted by Crippen LogP contribution is 2.15. The van der Waals surface area contributed by atoms with E-state index in [2.05, 4.69) is 19.2 Å². The molecule has 0 rings (SSSR count). The average molecular weight is 783 g/mol. The molecule has 0 atom stereocenters. The maximum Gasteiger partial charge on any atom is 0.404 e. The predicted molar refractivity (Wildman–Crippen MR) is 234 cm³/mol. The standard InChI is InChI=1S/C24H47NO4.C23H47NO2/c1-2-3-4-5-6-7-8-9-10-11-12-13-16-19-22-29-23(26)20-17-14-15-18-21-25-24(27)28;1-2-3-4-5-6-7-8-9-10-11-12-13-16-19-22-26-23(25)20-17-14-15-18-21-24/h25H,2-22H2,1H3,(H,27,28);2-22,24H2,1H3. The van der Waals surface area contributed by atoms with Crippen LogP contribution in [-0.2, 0) is 19.1 Å². The maximum atomic E-state index is 11.6. The van der Waals surface area contributed by atoms with Crippen molar-refractivity contribution >= 4 is 18.0 Å². The fourth-order valence-corrected chi connectivity index (χ4v) is 6.82. The molecule has 0 saturated heterocycles. The molecule has 0 aliphatic carbocycles. The van der Waals surface area contributed by atoms with Crippen molar-refractivity contribution in [3.05, 3.63) is 0 Å². The van der Waals surface area contributed by atoms with Gasteiger partial charge >= 0.3 is 18.0 Å². The number of hydrogen-bond donors (Lipinski definition) is 3. The molecule has 0 aromatic carbocycles. The van der Waals surface area contributed by atoms with E-state index in [1.54, 1.807) is 0 Å². The quantitative estimate of drug-likeness (QED) is 0.0415. The van der Waals surface area contributed by atoms with Crippen molar-refractivity contribution in [2.45, 2.75) is 258 Å². The van der Waals surface area contributed by atoms with Gasteiger partial charge in [-0.15, -0.1) is 0 Å². The van der Waals surface area contributed by atoms with E-state index >= 15 is 0 Å². The summed E-state index contributed by atoms with van der Waals surface area (Å²) in [6.45, 7) is 6.95. The number of esters is 2. The summed E-state index contributed by atoms with van der Waals surface area (Å²) in [7, 11) is 0. The van der Waals surface area contributed by atoms with Crippen LogP contribution in [0.2, 0.25) is 0 Å². The lowest BCUT2D eigenvalue weighted by atomic mass is 10.0. The third-order valence-corrected chi connectivity index (χ3v) is 10.4. The number of unbranched alkanes of at least 4 members (excludes halogenated alkanes) is 32. The lowest BCUT2D eigenvalue weighted by Crippen LogP contribution is -2.21. The van der Waals surface area contributed by atoms with Crippen molar-refractivity contribution in [3.8, 4) is 0 Å². The molecule has 0 bridgehead atoms. The number of hydrogen-bond acceptors (Lipinski definition) is 6. The fourth-order valence-electron chi connectivity index (χ4n) is 6.82. The zero-order valence-electron chi connectivity index (χ0n) is 36.8. The first-order valence-electron chi connectivity index (χ1n) is 24.0. The SMILES string of the molecule is CCCCCCCCCCCCCCCCOC(=O)CCCCCCN.CCCCCCCCCCCCCCCCOC(=O)CCCCCCNC(=O)O. The zero-order chi connectivity index (χ0) is 40.6. The second-order valence-electron chi connectivity index (χ2n) is 16.0. The second-order valence-corrected chi connectivity index (χ2v) is 16.0. The van der Waals surface area contributed by atoms with E-state index in [-0.39, 0.29) is 11.9 Å². The van der Waals surface area contributed by atoms with Gasteiger partial charge in [-0.3, -0.25) is 9.59 Å². The Kier molecular flexibility index (Phi) is 50.4. The van der Waals surface area contributed by atoms with Gasteiger partial charge in [0.05, 0.1) is 13.2 Å². The predicted octanol–water partition coefficient (Wildman–Crippen LogP) is 14.1. The minimum Gasteiger partial charge on any atom is -0.466 e. The van der Waals surface area contributed by atoms with Gasteiger partial charge in [0.1, 0.15) is 0 Å². The van der Waals surface area contributed by atoms with Crippen LogP contribution in [0, 0.1) is 0 Å². The van der Waals surface area contributed by atoms with E-state index < -0.39 is 6.09 Å². The molecule has 8 nitrogen and oxygen atoms in total. The van der Waals surface area contributed by atoms with Gasteiger partial charge < -0.3 is 25.6 Å². The first-order valence-corrected chi connectivity index (χ1v) is 24.0. The summed E-state index contributed by atoms with van der Waals surface area (Å²) >= 11 is 0. The van der Waals surface area contributed by atoms with Crippen LogP contribution < -0.4 is 11.1 Å². The fraction of sp³-hybridized carbons (Fsp3) is 0.936. The van der Waals surface area contributed by atoms with Crippen molar-refractivity contribution in [1.82, 2.24) is 5.32 Å². The molecule has 0 fully saturated rings. The average Bonchev–Trinajstić information content (AvgIpc) is 3.17. The third-order valence-electron chi connectivity index (χ3n) is 10.4. The van der Waals surface area contributed by atoms with E-state index in [4.69, 9.17) is 20.3 Å². The third kappa shape index (κ3) is 54.3. The molecule has 0 radical (unpaired) electrons. The first-order chi connectivity index (χ1) is 27.0. The Morgan fingerprint density at radius 1 is 0.400 bits per heavy atom. The molecular weight excluding hydrogens is 689 g/mol. The number of nitrogens with two attached hydrogens (primary N) is 1. The van der Waals surface area contributed by atoms with Crippen LogP contribution in [0.25, 0.3) is 0 Å². The van der Waals surface area contributed by atoms with E-state index in [1.165, 1.54) is 161 Å². The Labute approximate surface area is 341 Å². The lowest BCUT2D eigenvalue weighted by Gasteiger charge is -2.06. The highest BCUT2D eigenvalue weighted by atomic mass is 16.5. The van der Waals surface area contributed by atoms with Gasteiger partial charge in [-0.2, -0.15) is 0 Å². The topological polar surface area (TPSA) is 128 Å². The number of amides is 1. The molecule has 8 heteroatoms. The van der Waals surface area contributed by atoms with Crippen molar-refractivity contribution in [2.75, 3.05) is 26.3 Å². The van der Waals surface area contributed by atoms with Crippen LogP contribution in [0.15, 0.2) is 0 Å². The smallest absolute Gasteiger partial charge is 0.404 e. The molecule has 0 aromatic heterocycles. The number of carboxylic acid groups (broad SMARTS) is 1. The van der Waals surface area contributed by atoms with Crippen LogP contribution in [0.5, 0.6) is 0 Å². The molecule has 55 heavy (non-hydrogen) atoms. The largest absolute Gasteiger partial charge is 0.466 e. The second kappa shape index (κ2) is 50.2. The van der Waals surface area contributed by atoms with Crippen molar-refractivity contribution < 1.29 is 29.0 Å². The van der Waals surface area contributed by atoms with Crippen LogP contribution >= 0.6 is 0 Å². The van der Waals surface area contributed by atoms with Crippen molar-refractivity contribution in [1.29, 1.82) is 0 Å². The monoisotopic (exact) mass is 783 g/mol. The van der Waals surface area contributed by atoms with Gasteiger partial charge in [0.25, 0.3) is 0 Å². The van der Waals surface area contributed by atoms with E-state index in [9.17, 15) is 14.4 Å². The molecule has 0 spiro atoms. The van der Waals surface area contributed by atoms with Gasteiger partial charge in [0.2, 0.25) is 0 Å². The van der Waals surface area contributed by atoms with Crippen LogP contribution in [-0.4, -0.2) is 49.4 Å². The number of rotatable bonds is 43. The molecule has 0 aromatic rings. The zero-order valence-corrected chi connectivity index (χ0v) is 36.8. The van der Waals surface area contributed by atoms with Gasteiger partial charge in [0.15, 0.2) is 0 Å². The van der Waals surface area contributed by atoms with E-state index in [0.29, 0.717) is 32.6 Å². The van der Waals surface area contributed by atoms with Crippen LogP contribution in [0.1, 0.15) is 258 Å². The summed E-state index contributed by atoms with van der Waals surface area (Å²) in [4.78, 5) is 33.5. The van der Waals surface area contributed by atoms with Crippen molar-refractivity contribution in [3.63, 3.8) is 0 Å². The number of carbonyl (C=O) groups is 3. The first kappa shape index (κ1) is 55.3. The lowest BCUT2D eigenvalue weighted by molar-refractivity contribution is -0.144. The molecule has 0 aliphatic rings. The molecule has 328 valence electrons. The van der Waals surface area contributed by atoms with Gasteiger partial charge in [-0.05, 0) is 45.1 Å². The van der Waals surface area contributed by atoms with Crippen LogP contribution in [0.3, 0.4) is 0 Å². The maximum absolute atomic E-state index is 11.6. The summed E-state index contributed by atoms with van der Waals surface area (Å²) in [5.74, 6) is -0.115. The summed E-state index contributed by atoms with van der Waals surface area (Å²) in [6, 6.07) is 0. The molecule has 0 aliphatic heterocycles. The Morgan fingerprint density at radius 3 is 0.982 bits per heavy atom. The molecule has 0 saturated carbocycles. The Hall–Kier alpha value is -1.83. The van der Waals surface area contributed by atoms with E-state index in [1.807, 2.05) is 0 Å². The van der Waals surface area contributed by atoms with Gasteiger partial charge in [-0.25, -0.2) is 4.79 Å². The molecule has 4 N–H and O–H groups in total. The van der Waals surface area contributed by atoms with Gasteiger partial charge in [-0.1, -0.05) is 206 Å². The number of nitrogens with one attached hydrogen (secondary N) is 1. The summed E-state index contributed by atoms with van der Waals surface area (Å²) < 4.78 is 10.6. The van der Waals surface area contributed by atoms with Crippen LogP contribution in [0.4, 0.5) is 4.79 Å². The Morgan fingerprint density at radius 2 is 0.673 bits per heavy atom. The normalized spacial score (nSPS) is 10.9. The molecule has 0 unspecified atom stereocenters. The highest BCUT2D eigenvalue weighted by Gasteiger charge is 2.04. The number of ether oxygens (including phenoxy) is 2. The summed E-state index contributed by atoms with van der Waals surface area (Å²) in [5, 5.41) is 10.8. The molecule has 1 amide bonds. The minimum atomic E-state index is -0.975.